The molecule has 2 fully saturated rings. The molecular weight excluding hydrogens is 380 g/mol. The van der Waals surface area contributed by atoms with Gasteiger partial charge in [-0.1, -0.05) is 13.2 Å². The second kappa shape index (κ2) is 8.67. The van der Waals surface area contributed by atoms with Gasteiger partial charge in [0, 0.05) is 57.6 Å². The zero-order valence-electron chi connectivity index (χ0n) is 16.3. The van der Waals surface area contributed by atoms with E-state index in [2.05, 4.69) is 23.1 Å². The van der Waals surface area contributed by atoms with Crippen LogP contribution in [0.2, 0.25) is 0 Å². The maximum Gasteiger partial charge on any atom is 0.276 e. The van der Waals surface area contributed by atoms with E-state index in [1.165, 1.54) is 18.5 Å². The zero-order valence-corrected chi connectivity index (χ0v) is 16.3. The van der Waals surface area contributed by atoms with Gasteiger partial charge in [0.15, 0.2) is 11.5 Å². The SMILES string of the molecule is C=CC(=O)N1CCN(c2nccnc2C(=O)N2CCC(C(F)(F)C=C)CC2)CC1. The summed E-state index contributed by atoms with van der Waals surface area (Å²) in [6.45, 7) is 9.22. The monoisotopic (exact) mass is 405 g/mol. The Morgan fingerprint density at radius 1 is 1.00 bits per heavy atom. The number of halogens is 2. The van der Waals surface area contributed by atoms with Crippen molar-refractivity contribution >= 4 is 17.6 Å². The lowest BCUT2D eigenvalue weighted by Crippen LogP contribution is -2.49. The first-order valence-electron chi connectivity index (χ1n) is 9.65. The van der Waals surface area contributed by atoms with Crippen molar-refractivity contribution in [2.75, 3.05) is 44.2 Å². The smallest absolute Gasteiger partial charge is 0.276 e. The third kappa shape index (κ3) is 4.44. The number of piperazine rings is 1. The van der Waals surface area contributed by atoms with Gasteiger partial charge < -0.3 is 14.7 Å². The van der Waals surface area contributed by atoms with Gasteiger partial charge in [-0.2, -0.15) is 0 Å². The quantitative estimate of drug-likeness (QED) is 0.554. The van der Waals surface area contributed by atoms with Gasteiger partial charge in [-0.05, 0) is 25.0 Å². The van der Waals surface area contributed by atoms with Crippen LogP contribution in [0.3, 0.4) is 0 Å². The highest BCUT2D eigenvalue weighted by atomic mass is 19.3. The highest BCUT2D eigenvalue weighted by Crippen LogP contribution is 2.34. The summed E-state index contributed by atoms with van der Waals surface area (Å²) in [5.41, 5.74) is 0.213. The summed E-state index contributed by atoms with van der Waals surface area (Å²) in [6.07, 6.45) is 5.36. The normalized spacial score (nSPS) is 18.5. The second-order valence-corrected chi connectivity index (χ2v) is 7.19. The average Bonchev–Trinajstić information content (AvgIpc) is 2.78. The summed E-state index contributed by atoms with van der Waals surface area (Å²) >= 11 is 0. The van der Waals surface area contributed by atoms with Gasteiger partial charge in [0.2, 0.25) is 5.91 Å². The third-order valence-corrected chi connectivity index (χ3v) is 5.55. The number of hydrogen-bond acceptors (Lipinski definition) is 5. The Morgan fingerprint density at radius 2 is 1.62 bits per heavy atom. The number of carbonyl (C=O) groups excluding carboxylic acids is 2. The molecule has 0 unspecified atom stereocenters. The van der Waals surface area contributed by atoms with Gasteiger partial charge in [-0.3, -0.25) is 9.59 Å². The van der Waals surface area contributed by atoms with Gasteiger partial charge in [0.1, 0.15) is 0 Å². The predicted octanol–water partition coefficient (Wildman–Crippen LogP) is 1.98. The van der Waals surface area contributed by atoms with Crippen molar-refractivity contribution in [1.29, 1.82) is 0 Å². The van der Waals surface area contributed by atoms with E-state index in [1.807, 2.05) is 4.90 Å². The number of alkyl halides is 2. The van der Waals surface area contributed by atoms with Crippen molar-refractivity contribution < 1.29 is 18.4 Å². The molecule has 0 N–H and O–H groups in total. The van der Waals surface area contributed by atoms with Crippen LogP contribution in [-0.2, 0) is 4.79 Å². The van der Waals surface area contributed by atoms with Crippen LogP contribution in [0.4, 0.5) is 14.6 Å². The average molecular weight is 405 g/mol. The van der Waals surface area contributed by atoms with E-state index >= 15 is 0 Å². The molecule has 0 spiro atoms. The number of allylic oxidation sites excluding steroid dienone is 1. The Balaban J connectivity index is 1.68. The standard InChI is InChI=1S/C20H25F2N5O2/c1-3-16(28)25-11-13-26(14-12-25)18-17(23-7-8-24-18)19(29)27-9-5-15(6-10-27)20(21,22)4-2/h3-4,7-8,15H,1-2,5-6,9-14H2. The fourth-order valence-corrected chi connectivity index (χ4v) is 3.76. The fraction of sp³-hybridized carbons (Fsp3) is 0.500. The predicted molar refractivity (Wildman–Crippen MR) is 105 cm³/mol. The minimum Gasteiger partial charge on any atom is -0.351 e. The first-order chi connectivity index (χ1) is 13.9. The van der Waals surface area contributed by atoms with Gasteiger partial charge in [-0.25, -0.2) is 18.7 Å². The Kier molecular flexibility index (Phi) is 6.24. The Morgan fingerprint density at radius 3 is 2.21 bits per heavy atom. The summed E-state index contributed by atoms with van der Waals surface area (Å²) < 4.78 is 27.7. The lowest BCUT2D eigenvalue weighted by Gasteiger charge is -2.37. The number of rotatable bonds is 5. The van der Waals surface area contributed by atoms with Gasteiger partial charge >= 0.3 is 0 Å². The number of anilines is 1. The molecule has 2 amide bonds. The molecule has 3 heterocycles. The van der Waals surface area contributed by atoms with Crippen LogP contribution in [-0.4, -0.2) is 76.8 Å². The van der Waals surface area contributed by atoms with E-state index in [-0.39, 0.29) is 43.4 Å². The van der Waals surface area contributed by atoms with E-state index in [1.54, 1.807) is 9.80 Å². The summed E-state index contributed by atoms with van der Waals surface area (Å²) in [6, 6.07) is 0. The minimum absolute atomic E-state index is 0.126. The summed E-state index contributed by atoms with van der Waals surface area (Å²) in [5, 5.41) is 0. The molecule has 0 saturated carbocycles. The summed E-state index contributed by atoms with van der Waals surface area (Å²) in [7, 11) is 0. The first-order valence-corrected chi connectivity index (χ1v) is 9.65. The highest BCUT2D eigenvalue weighted by Gasteiger charge is 2.39. The molecule has 2 aliphatic heterocycles. The van der Waals surface area contributed by atoms with E-state index < -0.39 is 11.8 Å². The number of piperidine rings is 1. The Labute approximate surface area is 168 Å². The molecule has 0 aliphatic carbocycles. The van der Waals surface area contributed by atoms with E-state index in [0.717, 1.165) is 0 Å². The number of hydrogen-bond donors (Lipinski definition) is 0. The van der Waals surface area contributed by atoms with Gasteiger partial charge in [0.05, 0.1) is 0 Å². The van der Waals surface area contributed by atoms with Crippen LogP contribution in [0.15, 0.2) is 37.7 Å². The van der Waals surface area contributed by atoms with Gasteiger partial charge in [-0.15, -0.1) is 0 Å². The van der Waals surface area contributed by atoms with Crippen molar-refractivity contribution in [1.82, 2.24) is 19.8 Å². The molecule has 3 rings (SSSR count). The molecule has 0 aromatic carbocycles. The second-order valence-electron chi connectivity index (χ2n) is 7.19. The number of nitrogens with zero attached hydrogens (tertiary/aromatic N) is 5. The van der Waals surface area contributed by atoms with Crippen molar-refractivity contribution in [3.8, 4) is 0 Å². The molecule has 7 nitrogen and oxygen atoms in total. The first kappa shape index (κ1) is 20.9. The minimum atomic E-state index is -2.92. The zero-order chi connectivity index (χ0) is 21.0. The molecule has 156 valence electrons. The highest BCUT2D eigenvalue weighted by molar-refractivity contribution is 5.97. The van der Waals surface area contributed by atoms with Gasteiger partial charge in [0.25, 0.3) is 11.8 Å². The fourth-order valence-electron chi connectivity index (χ4n) is 3.76. The molecule has 1 aromatic heterocycles. The molecule has 2 saturated heterocycles. The number of carbonyl (C=O) groups is 2. The van der Waals surface area contributed by atoms with Crippen LogP contribution in [0.5, 0.6) is 0 Å². The van der Waals surface area contributed by atoms with Crippen molar-refractivity contribution in [2.24, 2.45) is 5.92 Å². The molecule has 2 aliphatic rings. The van der Waals surface area contributed by atoms with Crippen LogP contribution >= 0.6 is 0 Å². The lowest BCUT2D eigenvalue weighted by atomic mass is 9.90. The maximum absolute atomic E-state index is 13.8. The molecule has 0 bridgehead atoms. The molecule has 0 radical (unpaired) electrons. The Hall–Kier alpha value is -2.84. The molecule has 29 heavy (non-hydrogen) atoms. The summed E-state index contributed by atoms with van der Waals surface area (Å²) in [5.74, 6) is -3.70. The largest absolute Gasteiger partial charge is 0.351 e. The topological polar surface area (TPSA) is 69.6 Å². The van der Waals surface area contributed by atoms with Crippen molar-refractivity contribution in [3.05, 3.63) is 43.4 Å². The lowest BCUT2D eigenvalue weighted by molar-refractivity contribution is -0.126. The molecule has 0 atom stereocenters. The molecular formula is C20H25F2N5O2. The van der Waals surface area contributed by atoms with Crippen LogP contribution in [0.1, 0.15) is 23.3 Å². The third-order valence-electron chi connectivity index (χ3n) is 5.55. The summed E-state index contributed by atoms with van der Waals surface area (Å²) in [4.78, 5) is 38.5. The Bertz CT molecular complexity index is 785. The number of amides is 2. The molecule has 1 aromatic rings. The maximum atomic E-state index is 13.8. The van der Waals surface area contributed by atoms with E-state index in [4.69, 9.17) is 0 Å². The molecule has 9 heteroatoms. The number of likely N-dealkylation sites (tertiary alicyclic amines) is 1. The van der Waals surface area contributed by atoms with Crippen molar-refractivity contribution in [2.45, 2.75) is 18.8 Å². The van der Waals surface area contributed by atoms with Crippen LogP contribution in [0.25, 0.3) is 0 Å². The van der Waals surface area contributed by atoms with E-state index in [0.29, 0.717) is 38.1 Å². The van der Waals surface area contributed by atoms with Crippen LogP contribution < -0.4 is 4.90 Å². The number of aromatic nitrogens is 2. The van der Waals surface area contributed by atoms with Crippen LogP contribution in [0, 0.1) is 5.92 Å². The van der Waals surface area contributed by atoms with Crippen molar-refractivity contribution in [3.63, 3.8) is 0 Å². The van der Waals surface area contributed by atoms with E-state index in [9.17, 15) is 18.4 Å².